The number of ether oxygens (including phenoxy) is 1. The third kappa shape index (κ3) is 3.13. The maximum atomic E-state index is 6.62. The first-order chi connectivity index (χ1) is 14.0. The molecule has 1 aliphatic rings. The third-order valence-corrected chi connectivity index (χ3v) is 6.46. The molecule has 5 rings (SSSR count). The lowest BCUT2D eigenvalue weighted by atomic mass is 9.85. The number of benzene rings is 3. The van der Waals surface area contributed by atoms with Gasteiger partial charge in [-0.05, 0) is 30.7 Å². The summed E-state index contributed by atoms with van der Waals surface area (Å²) in [5, 5.41) is 7.34. The highest BCUT2D eigenvalue weighted by Gasteiger charge is 2.35. The van der Waals surface area contributed by atoms with Gasteiger partial charge in [0.15, 0.2) is 0 Å². The molecule has 2 heterocycles. The van der Waals surface area contributed by atoms with Crippen molar-refractivity contribution in [2.75, 3.05) is 19.7 Å². The summed E-state index contributed by atoms with van der Waals surface area (Å²) < 4.78 is 6.33. The second-order valence-electron chi connectivity index (χ2n) is 7.58. The first-order valence-electron chi connectivity index (χ1n) is 9.51. The molecule has 2 N–H and O–H groups in total. The van der Waals surface area contributed by atoms with Crippen LogP contribution in [0.5, 0.6) is 0 Å². The molecule has 0 spiro atoms. The molecule has 0 amide bonds. The van der Waals surface area contributed by atoms with E-state index in [4.69, 9.17) is 39.5 Å². The van der Waals surface area contributed by atoms with Gasteiger partial charge in [0.25, 0.3) is 0 Å². The number of nitrogens with one attached hydrogen (secondary N) is 2. The van der Waals surface area contributed by atoms with Gasteiger partial charge in [0.1, 0.15) is 5.60 Å². The molecular formula is C23H19Cl3N2O. The van der Waals surface area contributed by atoms with Crippen LogP contribution in [0.15, 0.2) is 48.5 Å². The Hall–Kier alpha value is -1.75. The van der Waals surface area contributed by atoms with Crippen molar-refractivity contribution < 1.29 is 4.74 Å². The van der Waals surface area contributed by atoms with Gasteiger partial charge in [0, 0.05) is 45.5 Å². The van der Waals surface area contributed by atoms with Gasteiger partial charge in [-0.15, -0.1) is 0 Å². The monoisotopic (exact) mass is 444 g/mol. The average Bonchev–Trinajstić information content (AvgIpc) is 3.06. The van der Waals surface area contributed by atoms with E-state index in [0.29, 0.717) is 28.2 Å². The van der Waals surface area contributed by atoms with Crippen molar-refractivity contribution in [3.63, 3.8) is 0 Å². The van der Waals surface area contributed by atoms with Gasteiger partial charge >= 0.3 is 0 Å². The summed E-state index contributed by atoms with van der Waals surface area (Å²) >= 11 is 19.4. The van der Waals surface area contributed by atoms with E-state index in [9.17, 15) is 0 Å². The Morgan fingerprint density at radius 1 is 0.966 bits per heavy atom. The van der Waals surface area contributed by atoms with Crippen molar-refractivity contribution in [2.24, 2.45) is 0 Å². The van der Waals surface area contributed by atoms with Gasteiger partial charge in [0.05, 0.1) is 22.2 Å². The van der Waals surface area contributed by atoms with Crippen LogP contribution in [-0.2, 0) is 10.3 Å². The summed E-state index contributed by atoms with van der Waals surface area (Å²) in [5.74, 6) is 0. The minimum Gasteiger partial charge on any atom is -0.368 e. The SMILES string of the molecule is CC1(c2c(-c3c(Cl)cc(Cl)cc3Cl)ccc3c2[nH]c2ccccc23)CNCCO1. The number of hydrogen-bond acceptors (Lipinski definition) is 2. The molecule has 0 radical (unpaired) electrons. The summed E-state index contributed by atoms with van der Waals surface area (Å²) in [5.41, 5.74) is 4.34. The van der Waals surface area contributed by atoms with Crippen molar-refractivity contribution >= 4 is 56.6 Å². The molecule has 1 aliphatic heterocycles. The highest BCUT2D eigenvalue weighted by Crippen LogP contribution is 2.46. The molecule has 148 valence electrons. The predicted molar refractivity (Wildman–Crippen MR) is 122 cm³/mol. The lowest BCUT2D eigenvalue weighted by Crippen LogP contribution is -2.45. The van der Waals surface area contributed by atoms with Crippen LogP contribution >= 0.6 is 34.8 Å². The lowest BCUT2D eigenvalue weighted by Gasteiger charge is -2.37. The quantitative estimate of drug-likeness (QED) is 0.357. The van der Waals surface area contributed by atoms with Gasteiger partial charge in [-0.25, -0.2) is 0 Å². The number of halogens is 3. The van der Waals surface area contributed by atoms with Crippen molar-refractivity contribution in [1.82, 2.24) is 10.3 Å². The molecule has 1 atom stereocenters. The average molecular weight is 446 g/mol. The number of H-pyrrole nitrogens is 1. The highest BCUT2D eigenvalue weighted by molar-refractivity contribution is 6.42. The summed E-state index contributed by atoms with van der Waals surface area (Å²) in [6, 6.07) is 16.0. The smallest absolute Gasteiger partial charge is 0.105 e. The fourth-order valence-corrected chi connectivity index (χ4v) is 5.38. The van der Waals surface area contributed by atoms with Crippen molar-refractivity contribution in [1.29, 1.82) is 0 Å². The fraction of sp³-hybridized carbons (Fsp3) is 0.217. The molecule has 0 saturated carbocycles. The largest absolute Gasteiger partial charge is 0.368 e. The Morgan fingerprint density at radius 2 is 1.72 bits per heavy atom. The molecule has 6 heteroatoms. The number of para-hydroxylation sites is 1. The second-order valence-corrected chi connectivity index (χ2v) is 8.83. The maximum absolute atomic E-state index is 6.62. The number of aromatic nitrogens is 1. The standard InChI is InChI=1S/C23H19Cl3N2O/c1-23(12-27-8-9-29-23)21-16(20-17(25)10-13(24)11-18(20)26)7-6-15-14-4-2-3-5-19(14)28-22(15)21/h2-7,10-11,27-28H,8-9,12H2,1H3. The zero-order valence-electron chi connectivity index (χ0n) is 15.8. The Bertz CT molecular complexity index is 1220. The number of rotatable bonds is 2. The normalized spacial score (nSPS) is 19.9. The van der Waals surface area contributed by atoms with E-state index in [1.54, 1.807) is 12.1 Å². The molecule has 3 nitrogen and oxygen atoms in total. The molecule has 1 saturated heterocycles. The first kappa shape index (κ1) is 19.2. The van der Waals surface area contributed by atoms with Crippen LogP contribution in [0.25, 0.3) is 32.9 Å². The minimum atomic E-state index is -0.541. The zero-order valence-corrected chi connectivity index (χ0v) is 18.1. The van der Waals surface area contributed by atoms with E-state index in [2.05, 4.69) is 47.6 Å². The molecule has 0 bridgehead atoms. The Balaban J connectivity index is 1.90. The zero-order chi connectivity index (χ0) is 20.2. The summed E-state index contributed by atoms with van der Waals surface area (Å²) in [7, 11) is 0. The van der Waals surface area contributed by atoms with Crippen LogP contribution < -0.4 is 5.32 Å². The topological polar surface area (TPSA) is 37.0 Å². The maximum Gasteiger partial charge on any atom is 0.105 e. The van der Waals surface area contributed by atoms with Crippen LogP contribution in [-0.4, -0.2) is 24.7 Å². The van der Waals surface area contributed by atoms with E-state index in [0.717, 1.165) is 39.7 Å². The Morgan fingerprint density at radius 3 is 2.45 bits per heavy atom. The number of aromatic amines is 1. The molecule has 1 fully saturated rings. The third-order valence-electron chi connectivity index (χ3n) is 5.65. The molecule has 3 aromatic carbocycles. The van der Waals surface area contributed by atoms with Gasteiger partial charge < -0.3 is 15.0 Å². The van der Waals surface area contributed by atoms with Gasteiger partial charge in [-0.3, -0.25) is 0 Å². The van der Waals surface area contributed by atoms with Gasteiger partial charge in [-0.1, -0.05) is 65.1 Å². The van der Waals surface area contributed by atoms with Crippen molar-refractivity contribution in [3.8, 4) is 11.1 Å². The van der Waals surface area contributed by atoms with Crippen molar-refractivity contribution in [2.45, 2.75) is 12.5 Å². The number of fused-ring (bicyclic) bond motifs is 3. The van der Waals surface area contributed by atoms with Crippen LogP contribution in [0.3, 0.4) is 0 Å². The molecule has 1 unspecified atom stereocenters. The van der Waals surface area contributed by atoms with E-state index in [-0.39, 0.29) is 0 Å². The Kier molecular flexibility index (Phi) is 4.77. The van der Waals surface area contributed by atoms with Crippen LogP contribution in [0.2, 0.25) is 15.1 Å². The molecule has 1 aromatic heterocycles. The summed E-state index contributed by atoms with van der Waals surface area (Å²) in [6.07, 6.45) is 0. The second kappa shape index (κ2) is 7.19. The summed E-state index contributed by atoms with van der Waals surface area (Å²) in [6.45, 7) is 4.27. The summed E-state index contributed by atoms with van der Waals surface area (Å²) in [4.78, 5) is 3.61. The van der Waals surface area contributed by atoms with Crippen LogP contribution in [0.1, 0.15) is 12.5 Å². The minimum absolute atomic E-state index is 0.513. The number of morpholine rings is 1. The van der Waals surface area contributed by atoms with Crippen LogP contribution in [0, 0.1) is 0 Å². The van der Waals surface area contributed by atoms with Gasteiger partial charge in [0.2, 0.25) is 0 Å². The molecule has 29 heavy (non-hydrogen) atoms. The molecule has 0 aliphatic carbocycles. The number of hydrogen-bond donors (Lipinski definition) is 2. The predicted octanol–water partition coefficient (Wildman–Crippen LogP) is 6.78. The molecule has 4 aromatic rings. The van der Waals surface area contributed by atoms with E-state index in [1.807, 2.05) is 6.07 Å². The van der Waals surface area contributed by atoms with E-state index < -0.39 is 5.60 Å². The van der Waals surface area contributed by atoms with Crippen LogP contribution in [0.4, 0.5) is 0 Å². The van der Waals surface area contributed by atoms with E-state index >= 15 is 0 Å². The first-order valence-corrected chi connectivity index (χ1v) is 10.6. The van der Waals surface area contributed by atoms with Gasteiger partial charge in [-0.2, -0.15) is 0 Å². The fourth-order valence-electron chi connectivity index (χ4n) is 4.36. The Labute approximate surface area is 183 Å². The highest BCUT2D eigenvalue weighted by atomic mass is 35.5. The lowest BCUT2D eigenvalue weighted by molar-refractivity contribution is -0.0559. The van der Waals surface area contributed by atoms with E-state index in [1.165, 1.54) is 5.39 Å². The molecular weight excluding hydrogens is 427 g/mol. The van der Waals surface area contributed by atoms with Crippen molar-refractivity contribution in [3.05, 3.63) is 69.2 Å².